The Balaban J connectivity index is 0.000000370. The van der Waals surface area contributed by atoms with Crippen molar-refractivity contribution < 1.29 is 172 Å². The average molecular weight is 1940 g/mol. The monoisotopic (exact) mass is 1940 g/mol. The van der Waals surface area contributed by atoms with Crippen molar-refractivity contribution in [2.24, 2.45) is 11.8 Å². The molecule has 0 aromatic heterocycles. The van der Waals surface area contributed by atoms with E-state index in [1.165, 1.54) is 7.11 Å². The summed E-state index contributed by atoms with van der Waals surface area (Å²) in [5.41, 5.74) is 0. The number of rotatable bonds is 25. The van der Waals surface area contributed by atoms with Gasteiger partial charge in [0.25, 0.3) is 0 Å². The smallest absolute Gasteiger partial charge is 0.373 e. The summed E-state index contributed by atoms with van der Waals surface area (Å²) < 4.78 is 83.8. The summed E-state index contributed by atoms with van der Waals surface area (Å²) >= 11 is 25.5. The van der Waals surface area contributed by atoms with Gasteiger partial charge in [0.2, 0.25) is 17.4 Å². The maximum absolute atomic E-state index is 12.6. The number of ketones is 2. The largest absolute Gasteiger partial charge is 0.469 e. The number of ether oxygens (including phenoxy) is 13. The van der Waals surface area contributed by atoms with Crippen LogP contribution in [0.3, 0.4) is 0 Å². The number of alkyl halides is 3. The fourth-order valence-corrected chi connectivity index (χ4v) is 18.2. The second-order valence-electron chi connectivity index (χ2n) is 26.3. The van der Waals surface area contributed by atoms with Crippen LogP contribution in [0.25, 0.3) is 0 Å². The first-order valence-electron chi connectivity index (χ1n) is 33.1. The van der Waals surface area contributed by atoms with Crippen LogP contribution in [0.1, 0.15) is 165 Å². The zero-order chi connectivity index (χ0) is 70.4. The molecule has 554 valence electrons. The van der Waals surface area contributed by atoms with Gasteiger partial charge in [-0.25, -0.2) is 0 Å². The summed E-state index contributed by atoms with van der Waals surface area (Å²) in [5.74, 6) is 1.92. The van der Waals surface area contributed by atoms with Gasteiger partial charge in [-0.15, -0.1) is 41.4 Å². The van der Waals surface area contributed by atoms with E-state index in [4.69, 9.17) is 116 Å². The Bertz CT molecular complexity index is 2830. The Hall–Kier alpha value is 0.798. The van der Waals surface area contributed by atoms with Gasteiger partial charge in [-0.1, -0.05) is 66.9 Å². The first-order valence-corrected chi connectivity index (χ1v) is 37.7. The van der Waals surface area contributed by atoms with Gasteiger partial charge in [-0.05, 0) is 186 Å². The van der Waals surface area contributed by atoms with Crippen molar-refractivity contribution in [3.63, 3.8) is 0 Å². The van der Waals surface area contributed by atoms with Gasteiger partial charge >= 0.3 is 18.3 Å². The maximum Gasteiger partial charge on any atom is 0.373 e. The number of aliphatic hydroxyl groups is 2. The molecule has 0 aliphatic carbocycles. The van der Waals surface area contributed by atoms with E-state index in [-0.39, 0.29) is 218 Å². The Morgan fingerprint density at radius 1 is 0.646 bits per heavy atom. The van der Waals surface area contributed by atoms with Crippen LogP contribution >= 0.6 is 103 Å². The molecule has 27 atom stereocenters. The summed E-state index contributed by atoms with van der Waals surface area (Å²) in [7, 11) is 1.39. The number of methoxy groups -OCH3 is 1. The van der Waals surface area contributed by atoms with Crippen LogP contribution in [0.15, 0.2) is 43.1 Å². The third-order valence-corrected chi connectivity index (χ3v) is 22.1. The van der Waals surface area contributed by atoms with Gasteiger partial charge in [0.1, 0.15) is 72.9 Å². The van der Waals surface area contributed by atoms with Crippen LogP contribution in [-0.2, 0) is 161 Å². The van der Waals surface area contributed by atoms with Crippen LogP contribution in [-0.4, -0.2) is 203 Å². The zero-order valence-electron chi connectivity index (χ0n) is 56.1. The average Bonchev–Trinajstić information content (AvgIpc) is 1.54. The second kappa shape index (κ2) is 43.3. The van der Waals surface area contributed by atoms with Crippen LogP contribution in [0.5, 0.6) is 0 Å². The Morgan fingerprint density at radius 3 is 1.66 bits per heavy atom. The molecule has 0 aromatic rings. The molecule has 12 saturated heterocycles. The number of fused-ring (bicyclic) bond motifs is 5. The quantitative estimate of drug-likeness (QED) is 0.0214. The van der Waals surface area contributed by atoms with Crippen molar-refractivity contribution in [1.29, 1.82) is 0 Å². The molecule has 99 heavy (non-hydrogen) atoms. The van der Waals surface area contributed by atoms with Gasteiger partial charge in [0, 0.05) is 102 Å². The minimum absolute atomic E-state index is 0. The van der Waals surface area contributed by atoms with Crippen molar-refractivity contribution in [1.82, 2.24) is 0 Å². The molecule has 0 amide bonds. The van der Waals surface area contributed by atoms with Crippen LogP contribution in [0, 0.1) is 23.7 Å². The van der Waals surface area contributed by atoms with E-state index in [1.807, 2.05) is 0 Å². The van der Waals surface area contributed by atoms with Crippen molar-refractivity contribution >= 4 is 132 Å². The first kappa shape index (κ1) is 92.2. The molecule has 12 aliphatic heterocycles. The van der Waals surface area contributed by atoms with Crippen LogP contribution < -0.4 is 0 Å². The standard InChI is InChI=1S/C24H32ClIO8.C22H32ClIO4.C20H28ClIO6.2CO2.CH4.2Y.H2/c1-4-9-29-24-12-23(8-7-14(25)10-13(2)26)32-19-18-16(6-5-15(30-18)11-17(27)28-3)31-21(20(19)33-24)22(24)34-23;1-5-18-9-11-20-22(27-18)15(4)14(3)21(28-20)19(26)10-8-17(25)7-6-16(23)12-13(2)24;1-3-13-6-7-14-15(25-13)16-17-18(26-14)19(24)20(27-16,28-17)9-12(23)5-4-11(21)8-10(2)22;2*2-1-3;;;;/h4,14-16,18-22H,1-2,5-12H2,3H3;14-16,18-22,26H,2,5-7,9,11-12H2,1,3-4H3;11,13-19,24H,2-9H2,1H3;;;1H4;;;1H/t14-,15-,16+,18+,19+,20+,21-,22?,23-,24+;14-,15+,16+,18-,19-,20-,21+,22+;11-,13+,14+,15+,16+,17+,18-,19-,20?;;;;;;/m101....../s1. The van der Waals surface area contributed by atoms with Gasteiger partial charge in [0.15, 0.2) is 5.79 Å². The maximum atomic E-state index is 12.6. The van der Waals surface area contributed by atoms with Crippen molar-refractivity contribution in [3.8, 4) is 11.8 Å². The Morgan fingerprint density at radius 2 is 1.12 bits per heavy atom. The minimum atomic E-state index is -1.32. The topological polar surface area (TPSA) is 280 Å². The third kappa shape index (κ3) is 24.1. The van der Waals surface area contributed by atoms with Crippen molar-refractivity contribution in [2.75, 3.05) is 13.7 Å². The third-order valence-electron chi connectivity index (χ3n) is 19.7. The molecule has 8 bridgehead atoms. The van der Waals surface area contributed by atoms with Crippen molar-refractivity contribution in [3.05, 3.63) is 43.1 Å². The van der Waals surface area contributed by atoms with Gasteiger partial charge in [-0.3, -0.25) is 14.4 Å². The van der Waals surface area contributed by atoms with Gasteiger partial charge in [0.05, 0.1) is 81.8 Å². The number of esters is 1. The summed E-state index contributed by atoms with van der Waals surface area (Å²) in [5, 5.41) is 21.1. The van der Waals surface area contributed by atoms with Crippen LogP contribution in [0.2, 0.25) is 0 Å². The number of hydrogen-bond acceptors (Lipinski definition) is 22. The number of carbonyl (C=O) groups excluding carboxylic acids is 7. The predicted octanol–water partition coefficient (Wildman–Crippen LogP) is 11.4. The predicted molar refractivity (Wildman–Crippen MR) is 382 cm³/mol. The molecule has 2 N–H and O–H groups in total. The molecule has 12 heterocycles. The summed E-state index contributed by atoms with van der Waals surface area (Å²) in [6.45, 7) is 24.2. The molecule has 2 radical (unpaired) electrons. The molecule has 0 spiro atoms. The molecule has 12 rings (SSSR count). The SMILES string of the molecule is C.C=C(I)C[C@H](Cl)CCC(=O)C#C[C@H](O)[C@@H]1O[C@H]2CC[C@H](CC)O[C@@H]2[C@H](C)[C@@H]1C.C=C(I)C[C@H](Cl)CCC(=O)CC12O[C@@H]3[C@H](O1)[C@@H](O[C@H]1CC[C@H](CC)O[C@H]31)[C@H]2O.C=CCO[C@]12C[C@@]3(CC[C@@H](Cl)CC(=C)I)OC1[C@@H]1O[C@H]4CC[C@H](CC(=O)OC)O[C@@H]4[C@H](O3)[C@@H]1O2.O=C=O.O=C=O.[HH].[Y].[Y]. The summed E-state index contributed by atoms with van der Waals surface area (Å²) in [6, 6.07) is 0. The first-order chi connectivity index (χ1) is 45.7. The van der Waals surface area contributed by atoms with Crippen LogP contribution in [0.4, 0.5) is 0 Å². The van der Waals surface area contributed by atoms with Crippen molar-refractivity contribution in [2.45, 2.75) is 313 Å². The van der Waals surface area contributed by atoms with E-state index in [1.54, 1.807) is 6.08 Å². The number of allylic oxidation sites excluding steroid dienone is 3. The number of aliphatic hydroxyl groups excluding tert-OH is 2. The normalized spacial score (nSPS) is 38.0. The molecule has 2 unspecified atom stereocenters. The molecular formula is C69H98Cl3I3O22Y2. The van der Waals surface area contributed by atoms with E-state index in [0.29, 0.717) is 70.5 Å². The fraction of sp³-hybridized carbons (Fsp3) is 0.783. The Kier molecular flexibility index (Phi) is 40.3. The summed E-state index contributed by atoms with van der Waals surface area (Å²) in [4.78, 5) is 69.0. The van der Waals surface area contributed by atoms with E-state index in [0.717, 1.165) is 62.1 Å². The minimum Gasteiger partial charge on any atom is -0.469 e. The molecule has 0 saturated carbocycles. The summed E-state index contributed by atoms with van der Waals surface area (Å²) in [6.07, 6.45) is 9.56. The number of halogens is 6. The second-order valence-corrected chi connectivity index (χ2v) is 32.8. The molecule has 22 nitrogen and oxygen atoms in total. The number of carbonyl (C=O) groups is 3. The van der Waals surface area contributed by atoms with E-state index in [2.05, 4.69) is 134 Å². The molecule has 30 heteroatoms. The number of hydrogen-bond donors (Lipinski definition) is 2. The van der Waals surface area contributed by atoms with Gasteiger partial charge < -0.3 is 71.8 Å². The number of Topliss-reactive ketones (excluding diaryl/α,β-unsaturated/α-hetero) is 2. The fourth-order valence-electron chi connectivity index (χ4n) is 14.9. The van der Waals surface area contributed by atoms with E-state index >= 15 is 0 Å². The molecule has 12 fully saturated rings. The van der Waals surface area contributed by atoms with E-state index in [9.17, 15) is 24.6 Å². The zero-order valence-corrected chi connectivity index (χ0v) is 70.5. The van der Waals surface area contributed by atoms with E-state index < -0.39 is 60.1 Å². The molecular weight excluding hydrogens is 1850 g/mol. The van der Waals surface area contributed by atoms with Gasteiger partial charge in [-0.2, -0.15) is 19.2 Å². The molecule has 12 aliphatic rings. The Labute approximate surface area is 690 Å². The molecule has 0 aromatic carbocycles.